The molecule has 3 rings (SSSR count). The van der Waals surface area contributed by atoms with Crippen molar-refractivity contribution in [1.29, 1.82) is 0 Å². The predicted molar refractivity (Wildman–Crippen MR) is 76.0 cm³/mol. The van der Waals surface area contributed by atoms with Crippen LogP contribution in [0, 0.1) is 0 Å². The molecule has 1 aliphatic heterocycles. The third kappa shape index (κ3) is 2.45. The van der Waals surface area contributed by atoms with Crippen LogP contribution < -0.4 is 16.2 Å². The Morgan fingerprint density at radius 3 is 2.80 bits per heavy atom. The van der Waals surface area contributed by atoms with Gasteiger partial charge in [0, 0.05) is 18.2 Å². The second kappa shape index (κ2) is 5.48. The number of hydrogen-bond donors (Lipinski definition) is 3. The quantitative estimate of drug-likeness (QED) is 0.792. The van der Waals surface area contributed by atoms with E-state index in [2.05, 4.69) is 16.2 Å². The Kier molecular flexibility index (Phi) is 3.54. The van der Waals surface area contributed by atoms with Gasteiger partial charge in [-0.25, -0.2) is 0 Å². The number of amides is 1. The molecule has 5 nitrogen and oxygen atoms in total. The van der Waals surface area contributed by atoms with Gasteiger partial charge in [0.25, 0.3) is 5.91 Å². The highest BCUT2D eigenvalue weighted by atomic mass is 16.3. The molecule has 1 saturated heterocycles. The van der Waals surface area contributed by atoms with Crippen LogP contribution in [-0.4, -0.2) is 24.5 Å². The fourth-order valence-electron chi connectivity index (χ4n) is 2.35. The van der Waals surface area contributed by atoms with Crippen molar-refractivity contribution < 1.29 is 9.21 Å². The lowest BCUT2D eigenvalue weighted by Gasteiger charge is -2.15. The number of carbonyl (C=O) groups is 1. The van der Waals surface area contributed by atoms with Crippen LogP contribution in [0.1, 0.15) is 17.5 Å². The number of rotatable bonds is 3. The average molecular weight is 271 g/mol. The minimum atomic E-state index is -0.184. The molecule has 2 heterocycles. The first-order valence-electron chi connectivity index (χ1n) is 6.68. The van der Waals surface area contributed by atoms with Gasteiger partial charge in [-0.3, -0.25) is 15.6 Å². The molecular weight excluding hydrogens is 254 g/mol. The minimum Gasteiger partial charge on any atom is -0.459 e. The van der Waals surface area contributed by atoms with Crippen LogP contribution in [0.2, 0.25) is 0 Å². The number of nitrogens with one attached hydrogen (secondary N) is 3. The van der Waals surface area contributed by atoms with Crippen LogP contribution >= 0.6 is 0 Å². The molecule has 2 atom stereocenters. The molecule has 0 aliphatic carbocycles. The Morgan fingerprint density at radius 2 is 2.10 bits per heavy atom. The molecule has 3 N–H and O–H groups in total. The minimum absolute atomic E-state index is 0.0521. The number of carbonyl (C=O) groups excluding carboxylic acids is 1. The van der Waals surface area contributed by atoms with Crippen molar-refractivity contribution in [1.82, 2.24) is 16.2 Å². The highest BCUT2D eigenvalue weighted by molar-refractivity contribution is 5.98. The van der Waals surface area contributed by atoms with Crippen molar-refractivity contribution in [3.63, 3.8) is 0 Å². The first-order valence-corrected chi connectivity index (χ1v) is 6.68. The molecular formula is C15H17N3O2. The molecule has 1 fully saturated rings. The van der Waals surface area contributed by atoms with Crippen molar-refractivity contribution in [2.75, 3.05) is 6.54 Å². The van der Waals surface area contributed by atoms with Crippen molar-refractivity contribution in [2.24, 2.45) is 0 Å². The van der Waals surface area contributed by atoms with Crippen molar-refractivity contribution in [3.05, 3.63) is 48.4 Å². The summed E-state index contributed by atoms with van der Waals surface area (Å²) in [6, 6.07) is 11.8. The fourth-order valence-corrected chi connectivity index (χ4v) is 2.35. The highest BCUT2D eigenvalue weighted by Crippen LogP contribution is 2.24. The van der Waals surface area contributed by atoms with Crippen LogP contribution in [0.3, 0.4) is 0 Å². The lowest BCUT2D eigenvalue weighted by Crippen LogP contribution is -2.43. The zero-order valence-corrected chi connectivity index (χ0v) is 11.2. The monoisotopic (exact) mass is 271 g/mol. The number of hydrazine groups is 1. The smallest absolute Gasteiger partial charge is 0.287 e. The Labute approximate surface area is 117 Å². The van der Waals surface area contributed by atoms with Gasteiger partial charge >= 0.3 is 0 Å². The van der Waals surface area contributed by atoms with Gasteiger partial charge in [-0.1, -0.05) is 30.3 Å². The Morgan fingerprint density at radius 1 is 1.30 bits per heavy atom. The topological polar surface area (TPSA) is 66.3 Å². The molecule has 0 spiro atoms. The van der Waals surface area contributed by atoms with E-state index in [1.165, 1.54) is 0 Å². The van der Waals surface area contributed by atoms with E-state index in [9.17, 15) is 4.79 Å². The molecule has 5 heteroatoms. The Bertz CT molecular complexity index is 594. The van der Waals surface area contributed by atoms with E-state index < -0.39 is 0 Å². The summed E-state index contributed by atoms with van der Waals surface area (Å²) in [5.74, 6) is 0.173. The van der Waals surface area contributed by atoms with Crippen LogP contribution in [0.4, 0.5) is 0 Å². The second-order valence-electron chi connectivity index (χ2n) is 4.92. The summed E-state index contributed by atoms with van der Waals surface area (Å²) >= 11 is 0. The second-order valence-corrected chi connectivity index (χ2v) is 4.92. The van der Waals surface area contributed by atoms with Crippen LogP contribution in [0.25, 0.3) is 11.1 Å². The summed E-state index contributed by atoms with van der Waals surface area (Å²) in [6.07, 6.45) is 1.55. The van der Waals surface area contributed by atoms with E-state index >= 15 is 0 Å². The molecule has 1 aromatic heterocycles. The maximum atomic E-state index is 12.3. The molecule has 1 amide bonds. The van der Waals surface area contributed by atoms with Crippen LogP contribution in [0.15, 0.2) is 47.1 Å². The maximum Gasteiger partial charge on any atom is 0.287 e. The zero-order chi connectivity index (χ0) is 13.9. The van der Waals surface area contributed by atoms with Crippen molar-refractivity contribution >= 4 is 5.91 Å². The Balaban J connectivity index is 1.81. The van der Waals surface area contributed by atoms with E-state index in [-0.39, 0.29) is 18.0 Å². The molecule has 0 bridgehead atoms. The van der Waals surface area contributed by atoms with Gasteiger partial charge in [-0.15, -0.1) is 0 Å². The van der Waals surface area contributed by atoms with Gasteiger partial charge in [-0.05, 0) is 18.6 Å². The van der Waals surface area contributed by atoms with E-state index in [1.54, 1.807) is 6.26 Å². The standard InChI is InChI=1S/C15H17N3O2/c1-10-13(9-16-18-10)17-15(19)14-12(7-8-20-14)11-5-3-2-4-6-11/h2-8,10,13,16,18H,9H2,1H3,(H,17,19). The lowest BCUT2D eigenvalue weighted by molar-refractivity contribution is 0.0910. The number of furan rings is 1. The fraction of sp³-hybridized carbons (Fsp3) is 0.267. The molecule has 0 radical (unpaired) electrons. The van der Waals surface area contributed by atoms with Gasteiger partial charge in [0.1, 0.15) is 0 Å². The van der Waals surface area contributed by atoms with Crippen molar-refractivity contribution in [3.8, 4) is 11.1 Å². The molecule has 2 unspecified atom stereocenters. The molecule has 1 aromatic carbocycles. The third-order valence-electron chi connectivity index (χ3n) is 3.53. The Hall–Kier alpha value is -2.11. The van der Waals surface area contributed by atoms with Crippen LogP contribution in [0.5, 0.6) is 0 Å². The summed E-state index contributed by atoms with van der Waals surface area (Å²) in [7, 11) is 0. The molecule has 0 saturated carbocycles. The lowest BCUT2D eigenvalue weighted by atomic mass is 10.1. The summed E-state index contributed by atoms with van der Waals surface area (Å²) in [4.78, 5) is 12.3. The molecule has 20 heavy (non-hydrogen) atoms. The first-order chi connectivity index (χ1) is 9.75. The number of benzene rings is 1. The van der Waals surface area contributed by atoms with E-state index in [0.29, 0.717) is 12.3 Å². The largest absolute Gasteiger partial charge is 0.459 e. The molecule has 1 aliphatic rings. The average Bonchev–Trinajstić information content (AvgIpc) is 3.09. The normalized spacial score (nSPS) is 21.9. The zero-order valence-electron chi connectivity index (χ0n) is 11.2. The van der Waals surface area contributed by atoms with E-state index in [1.807, 2.05) is 43.3 Å². The highest BCUT2D eigenvalue weighted by Gasteiger charge is 2.26. The van der Waals surface area contributed by atoms with Crippen molar-refractivity contribution in [2.45, 2.75) is 19.0 Å². The van der Waals surface area contributed by atoms with Gasteiger partial charge in [0.2, 0.25) is 0 Å². The summed E-state index contributed by atoms with van der Waals surface area (Å²) < 4.78 is 5.37. The van der Waals surface area contributed by atoms with Gasteiger partial charge in [-0.2, -0.15) is 0 Å². The molecule has 2 aromatic rings. The summed E-state index contributed by atoms with van der Waals surface area (Å²) in [6.45, 7) is 2.72. The molecule has 104 valence electrons. The SMILES string of the molecule is CC1NNCC1NC(=O)c1occc1-c1ccccc1. The number of hydrogen-bond acceptors (Lipinski definition) is 4. The van der Waals surface area contributed by atoms with Gasteiger partial charge in [0.05, 0.1) is 12.3 Å². The summed E-state index contributed by atoms with van der Waals surface area (Å²) in [5.41, 5.74) is 7.88. The maximum absolute atomic E-state index is 12.3. The summed E-state index contributed by atoms with van der Waals surface area (Å²) in [5, 5.41) is 2.98. The van der Waals surface area contributed by atoms with Gasteiger partial charge in [0.15, 0.2) is 5.76 Å². The predicted octanol–water partition coefficient (Wildman–Crippen LogP) is 1.54. The third-order valence-corrected chi connectivity index (χ3v) is 3.53. The van der Waals surface area contributed by atoms with Crippen LogP contribution in [-0.2, 0) is 0 Å². The van der Waals surface area contributed by atoms with Gasteiger partial charge < -0.3 is 9.73 Å². The van der Waals surface area contributed by atoms with E-state index in [0.717, 1.165) is 11.1 Å². The van der Waals surface area contributed by atoms with E-state index in [4.69, 9.17) is 4.42 Å². The first kappa shape index (κ1) is 12.9.